The fourth-order valence-corrected chi connectivity index (χ4v) is 1.75. The van der Waals surface area contributed by atoms with Crippen LogP contribution in [0.25, 0.3) is 0 Å². The minimum atomic E-state index is 0.606. The molecule has 0 amide bonds. The average Bonchev–Trinajstić information content (AvgIpc) is 2.43. The molecule has 0 spiro atoms. The number of benzene rings is 2. The molecule has 4 heteroatoms. The van der Waals surface area contributed by atoms with E-state index in [9.17, 15) is 0 Å². The predicted molar refractivity (Wildman–Crippen MR) is 78.5 cm³/mol. The number of ether oxygens (including phenoxy) is 2. The monoisotopic (exact) mass is 296 g/mol. The molecule has 0 N–H and O–H groups in total. The number of halogens is 2. The van der Waals surface area contributed by atoms with Gasteiger partial charge in [0.25, 0.3) is 0 Å². The fraction of sp³-hybridized carbons (Fsp3) is 0.200. The summed E-state index contributed by atoms with van der Waals surface area (Å²) in [5.41, 5.74) is 0. The van der Waals surface area contributed by atoms with Crippen LogP contribution in [0, 0.1) is 0 Å². The van der Waals surface area contributed by atoms with Gasteiger partial charge in [-0.05, 0) is 48.5 Å². The normalized spacial score (nSPS) is 10.2. The van der Waals surface area contributed by atoms with Crippen molar-refractivity contribution in [2.24, 2.45) is 0 Å². The minimum absolute atomic E-state index is 0.606. The summed E-state index contributed by atoms with van der Waals surface area (Å²) in [5, 5.41) is 1.41. The van der Waals surface area contributed by atoms with Crippen LogP contribution in [0.2, 0.25) is 10.0 Å². The molecule has 0 radical (unpaired) electrons. The molecule has 0 atom stereocenters. The molecule has 2 nitrogen and oxygen atoms in total. The van der Waals surface area contributed by atoms with Crippen molar-refractivity contribution in [2.75, 3.05) is 13.2 Å². The van der Waals surface area contributed by atoms with Gasteiger partial charge in [-0.3, -0.25) is 0 Å². The van der Waals surface area contributed by atoms with E-state index in [-0.39, 0.29) is 0 Å². The molecule has 0 fully saturated rings. The molecule has 0 heterocycles. The van der Waals surface area contributed by atoms with Crippen molar-refractivity contribution in [2.45, 2.75) is 6.42 Å². The lowest BCUT2D eigenvalue weighted by atomic mass is 10.3. The van der Waals surface area contributed by atoms with Crippen molar-refractivity contribution in [1.82, 2.24) is 0 Å². The van der Waals surface area contributed by atoms with Gasteiger partial charge < -0.3 is 9.47 Å². The van der Waals surface area contributed by atoms with Crippen molar-refractivity contribution in [3.8, 4) is 11.5 Å². The van der Waals surface area contributed by atoms with Gasteiger partial charge in [-0.2, -0.15) is 0 Å². The van der Waals surface area contributed by atoms with Gasteiger partial charge in [-0.15, -0.1) is 0 Å². The standard InChI is InChI=1S/C15H14Cl2O2/c16-12-2-6-14(7-3-12)18-10-1-11-19-15-8-4-13(17)5-9-15/h2-9H,1,10-11H2. The van der Waals surface area contributed by atoms with Gasteiger partial charge >= 0.3 is 0 Å². The Hall–Kier alpha value is -1.38. The summed E-state index contributed by atoms with van der Waals surface area (Å²) in [4.78, 5) is 0. The van der Waals surface area contributed by atoms with Gasteiger partial charge in [-0.25, -0.2) is 0 Å². The first kappa shape index (κ1) is 14.0. The van der Waals surface area contributed by atoms with Crippen LogP contribution in [0.3, 0.4) is 0 Å². The molecule has 2 aromatic rings. The zero-order valence-corrected chi connectivity index (χ0v) is 11.8. The molecule has 2 rings (SSSR count). The summed E-state index contributed by atoms with van der Waals surface area (Å²) in [7, 11) is 0. The van der Waals surface area contributed by atoms with Crippen LogP contribution in [0.5, 0.6) is 11.5 Å². The summed E-state index contributed by atoms with van der Waals surface area (Å²) in [5.74, 6) is 1.63. The first-order valence-electron chi connectivity index (χ1n) is 6.01. The van der Waals surface area contributed by atoms with Crippen LogP contribution in [-0.2, 0) is 0 Å². The van der Waals surface area contributed by atoms with Crippen molar-refractivity contribution in [1.29, 1.82) is 0 Å². The van der Waals surface area contributed by atoms with Crippen LogP contribution in [0.15, 0.2) is 48.5 Å². The second-order valence-corrected chi connectivity index (χ2v) is 4.83. The van der Waals surface area contributed by atoms with Crippen LogP contribution < -0.4 is 9.47 Å². The van der Waals surface area contributed by atoms with E-state index in [2.05, 4.69) is 0 Å². The van der Waals surface area contributed by atoms with Crippen LogP contribution in [0.4, 0.5) is 0 Å². The summed E-state index contributed by atoms with van der Waals surface area (Å²) in [6, 6.07) is 14.6. The van der Waals surface area contributed by atoms with Gasteiger partial charge in [-0.1, -0.05) is 23.2 Å². The Labute approximate surface area is 122 Å². The topological polar surface area (TPSA) is 18.5 Å². The smallest absolute Gasteiger partial charge is 0.119 e. The van der Waals surface area contributed by atoms with E-state index in [4.69, 9.17) is 32.7 Å². The highest BCUT2D eigenvalue weighted by Gasteiger charge is 1.96. The molecule has 2 aromatic carbocycles. The zero-order chi connectivity index (χ0) is 13.5. The first-order chi connectivity index (χ1) is 9.24. The molecule has 19 heavy (non-hydrogen) atoms. The minimum Gasteiger partial charge on any atom is -0.493 e. The van der Waals surface area contributed by atoms with Gasteiger partial charge in [0.05, 0.1) is 13.2 Å². The first-order valence-corrected chi connectivity index (χ1v) is 6.76. The van der Waals surface area contributed by atoms with Crippen LogP contribution in [0.1, 0.15) is 6.42 Å². The highest BCUT2D eigenvalue weighted by Crippen LogP contribution is 2.17. The Balaban J connectivity index is 1.64. The van der Waals surface area contributed by atoms with E-state index < -0.39 is 0 Å². The van der Waals surface area contributed by atoms with Gasteiger partial charge in [0.15, 0.2) is 0 Å². The fourth-order valence-electron chi connectivity index (χ4n) is 1.50. The lowest BCUT2D eigenvalue weighted by Crippen LogP contribution is -2.04. The maximum Gasteiger partial charge on any atom is 0.119 e. The SMILES string of the molecule is Clc1ccc(OCCCOc2ccc(Cl)cc2)cc1. The van der Waals surface area contributed by atoms with Crippen molar-refractivity contribution in [3.63, 3.8) is 0 Å². The molecule has 0 aliphatic rings. The van der Waals surface area contributed by atoms with Crippen molar-refractivity contribution in [3.05, 3.63) is 58.6 Å². The van der Waals surface area contributed by atoms with E-state index in [1.54, 1.807) is 24.3 Å². The summed E-state index contributed by atoms with van der Waals surface area (Å²) in [6.07, 6.45) is 0.811. The molecule has 0 aliphatic heterocycles. The molecule has 0 aliphatic carbocycles. The van der Waals surface area contributed by atoms with Crippen LogP contribution in [-0.4, -0.2) is 13.2 Å². The van der Waals surface area contributed by atoms with E-state index >= 15 is 0 Å². The maximum atomic E-state index is 5.79. The molecule has 0 unspecified atom stereocenters. The van der Waals surface area contributed by atoms with E-state index in [1.807, 2.05) is 24.3 Å². The predicted octanol–water partition coefficient (Wildman–Crippen LogP) is 4.84. The Morgan fingerprint density at radius 3 is 1.37 bits per heavy atom. The summed E-state index contributed by atoms with van der Waals surface area (Å²) >= 11 is 11.6. The van der Waals surface area contributed by atoms with Gasteiger partial charge in [0, 0.05) is 16.5 Å². The molecular weight excluding hydrogens is 283 g/mol. The second-order valence-electron chi connectivity index (χ2n) is 3.96. The highest BCUT2D eigenvalue weighted by molar-refractivity contribution is 6.30. The second kappa shape index (κ2) is 7.27. The molecule has 0 saturated carbocycles. The van der Waals surface area contributed by atoms with E-state index in [0.29, 0.717) is 23.3 Å². The van der Waals surface area contributed by atoms with Crippen molar-refractivity contribution < 1.29 is 9.47 Å². The zero-order valence-electron chi connectivity index (χ0n) is 10.3. The molecular formula is C15H14Cl2O2. The maximum absolute atomic E-state index is 5.79. The third kappa shape index (κ3) is 5.01. The Morgan fingerprint density at radius 1 is 0.632 bits per heavy atom. The highest BCUT2D eigenvalue weighted by atomic mass is 35.5. The van der Waals surface area contributed by atoms with Crippen molar-refractivity contribution >= 4 is 23.2 Å². The van der Waals surface area contributed by atoms with E-state index in [1.165, 1.54) is 0 Å². The Bertz CT molecular complexity index is 447. The summed E-state index contributed by atoms with van der Waals surface area (Å²) < 4.78 is 11.1. The Morgan fingerprint density at radius 2 is 1.00 bits per heavy atom. The third-order valence-corrected chi connectivity index (χ3v) is 2.96. The lowest BCUT2D eigenvalue weighted by molar-refractivity contribution is 0.247. The Kier molecular flexibility index (Phi) is 5.37. The average molecular weight is 297 g/mol. The molecule has 0 bridgehead atoms. The molecule has 0 aromatic heterocycles. The lowest BCUT2D eigenvalue weighted by Gasteiger charge is -2.08. The number of hydrogen-bond acceptors (Lipinski definition) is 2. The third-order valence-electron chi connectivity index (χ3n) is 2.45. The quantitative estimate of drug-likeness (QED) is 0.710. The number of hydrogen-bond donors (Lipinski definition) is 0. The van der Waals surface area contributed by atoms with Crippen LogP contribution >= 0.6 is 23.2 Å². The molecule has 100 valence electrons. The summed E-state index contributed by atoms with van der Waals surface area (Å²) in [6.45, 7) is 1.21. The molecule has 0 saturated heterocycles. The van der Waals surface area contributed by atoms with Gasteiger partial charge in [0.1, 0.15) is 11.5 Å². The van der Waals surface area contributed by atoms with Gasteiger partial charge in [0.2, 0.25) is 0 Å². The van der Waals surface area contributed by atoms with E-state index in [0.717, 1.165) is 17.9 Å². The largest absolute Gasteiger partial charge is 0.493 e. The number of rotatable bonds is 6.